The van der Waals surface area contributed by atoms with Gasteiger partial charge in [-0.05, 0) is 19.4 Å². The van der Waals surface area contributed by atoms with E-state index in [1.807, 2.05) is 37.3 Å². The molecule has 0 spiro atoms. The van der Waals surface area contributed by atoms with Crippen molar-refractivity contribution in [1.82, 2.24) is 10.6 Å². The zero-order chi connectivity index (χ0) is 28.6. The molecule has 2 N–H and O–H groups in total. The maximum atomic E-state index is 11.5. The summed E-state index contributed by atoms with van der Waals surface area (Å²) in [6.07, 6.45) is 9.86. The van der Waals surface area contributed by atoms with Gasteiger partial charge in [0.1, 0.15) is 18.2 Å². The number of hydrogen-bond acceptors (Lipinski definition) is 6. The summed E-state index contributed by atoms with van der Waals surface area (Å²) in [7, 11) is 3.36. The number of benzene rings is 1. The smallest absolute Gasteiger partial charge is 0.243 e. The second-order valence-corrected chi connectivity index (χ2v) is 8.68. The lowest BCUT2D eigenvalue weighted by molar-refractivity contribution is -0.133. The van der Waals surface area contributed by atoms with E-state index in [2.05, 4.69) is 50.1 Å². The van der Waals surface area contributed by atoms with Gasteiger partial charge in [-0.1, -0.05) is 87.0 Å². The molecule has 3 saturated heterocycles. The second kappa shape index (κ2) is 23.3. The van der Waals surface area contributed by atoms with Crippen LogP contribution in [0, 0.1) is 6.92 Å². The average Bonchev–Trinajstić information content (AvgIpc) is 3.84. The molecule has 0 radical (unpaired) electrons. The van der Waals surface area contributed by atoms with Crippen molar-refractivity contribution in [3.05, 3.63) is 72.4 Å². The van der Waals surface area contributed by atoms with E-state index < -0.39 is 6.04 Å². The van der Waals surface area contributed by atoms with Crippen LogP contribution < -0.4 is 10.6 Å². The van der Waals surface area contributed by atoms with Gasteiger partial charge in [0.05, 0.1) is 33.0 Å². The van der Waals surface area contributed by atoms with Crippen LogP contribution in [0.3, 0.4) is 0 Å². The minimum atomic E-state index is -0.470. The van der Waals surface area contributed by atoms with Crippen molar-refractivity contribution in [1.29, 1.82) is 0 Å². The molecule has 214 valence electrons. The van der Waals surface area contributed by atoms with Crippen molar-refractivity contribution in [3.8, 4) is 0 Å². The number of hydrogen-bond donors (Lipinski definition) is 2. The third-order valence-electron chi connectivity index (χ3n) is 4.78. The average molecular weight is 533 g/mol. The van der Waals surface area contributed by atoms with E-state index >= 15 is 0 Å². The molecule has 3 aliphatic heterocycles. The predicted octanol–water partition coefficient (Wildman–Crippen LogP) is 4.15. The Morgan fingerprint density at radius 2 is 1.58 bits per heavy atom. The van der Waals surface area contributed by atoms with Gasteiger partial charge < -0.3 is 29.6 Å². The fourth-order valence-electron chi connectivity index (χ4n) is 2.69. The molecule has 0 saturated carbocycles. The molecular weight excluding hydrogens is 484 g/mol. The standard InChI is InChI=1S/C12H16N2O2.C7H8.2C4H8O2.C3H8/c1-3-5-6-9(4-2)7-10-12(16)13-8-11(15)14-10;1-7-5-3-2-4-6-7;2*1-5-2-4-3-6-4;1-3-2/h3-6,10H,1,7-8H2,2H3,(H,13,16)(H,14,15);2-6H,1H3;2*4H,2-3H2,1H3;3H2,1-2H3/b6-5-,9-4+;;;;. The molecule has 0 aliphatic carbocycles. The van der Waals surface area contributed by atoms with Crippen molar-refractivity contribution in [2.24, 2.45) is 0 Å². The van der Waals surface area contributed by atoms with Crippen LogP contribution in [0.15, 0.2) is 66.8 Å². The van der Waals surface area contributed by atoms with E-state index in [0.29, 0.717) is 18.6 Å². The number of nitrogens with one attached hydrogen (secondary N) is 2. The Bertz CT molecular complexity index is 803. The Balaban J connectivity index is 0.000000513. The highest BCUT2D eigenvalue weighted by Crippen LogP contribution is 2.09. The lowest BCUT2D eigenvalue weighted by Crippen LogP contribution is -2.56. The fraction of sp³-hybridized carbons (Fsp3) is 0.533. The van der Waals surface area contributed by atoms with Crippen molar-refractivity contribution in [3.63, 3.8) is 0 Å². The highest BCUT2D eigenvalue weighted by Gasteiger charge is 2.25. The predicted molar refractivity (Wildman–Crippen MR) is 153 cm³/mol. The van der Waals surface area contributed by atoms with E-state index in [1.54, 1.807) is 26.4 Å². The molecule has 3 heterocycles. The van der Waals surface area contributed by atoms with Gasteiger partial charge in [-0.25, -0.2) is 0 Å². The molecule has 8 heteroatoms. The second-order valence-electron chi connectivity index (χ2n) is 8.68. The van der Waals surface area contributed by atoms with E-state index in [0.717, 1.165) is 32.0 Å². The van der Waals surface area contributed by atoms with Crippen LogP contribution in [0.1, 0.15) is 39.2 Å². The van der Waals surface area contributed by atoms with Crippen LogP contribution in [0.4, 0.5) is 0 Å². The summed E-state index contributed by atoms with van der Waals surface area (Å²) < 4.78 is 19.1. The molecule has 3 aliphatic rings. The van der Waals surface area contributed by atoms with Gasteiger partial charge in [-0.3, -0.25) is 9.59 Å². The number of allylic oxidation sites excluding steroid dienone is 4. The summed E-state index contributed by atoms with van der Waals surface area (Å²) in [4.78, 5) is 22.6. The lowest BCUT2D eigenvalue weighted by Gasteiger charge is -2.23. The summed E-state index contributed by atoms with van der Waals surface area (Å²) in [5, 5.41) is 5.20. The topological polar surface area (TPSA) is 102 Å². The van der Waals surface area contributed by atoms with Gasteiger partial charge in [0.15, 0.2) is 0 Å². The summed E-state index contributed by atoms with van der Waals surface area (Å²) in [5.74, 6) is -0.279. The van der Waals surface area contributed by atoms with Crippen molar-refractivity contribution in [2.45, 2.75) is 58.8 Å². The highest BCUT2D eigenvalue weighted by molar-refractivity contribution is 5.94. The van der Waals surface area contributed by atoms with Gasteiger partial charge >= 0.3 is 0 Å². The number of rotatable bonds is 8. The molecule has 0 aromatic heterocycles. The zero-order valence-electron chi connectivity index (χ0n) is 24.0. The first-order valence-electron chi connectivity index (χ1n) is 13.1. The van der Waals surface area contributed by atoms with Crippen LogP contribution in [0.5, 0.6) is 0 Å². The zero-order valence-corrected chi connectivity index (χ0v) is 24.0. The molecule has 3 atom stereocenters. The first-order chi connectivity index (χ1) is 18.3. The number of piperazine rings is 1. The number of ether oxygens (including phenoxy) is 4. The molecule has 1 aromatic rings. The Hall–Kier alpha value is -2.78. The molecule has 3 unspecified atom stereocenters. The number of amides is 2. The van der Waals surface area contributed by atoms with E-state index in [1.165, 1.54) is 12.0 Å². The Morgan fingerprint density at radius 1 is 1.05 bits per heavy atom. The molecule has 1 aromatic carbocycles. The minimum Gasteiger partial charge on any atom is -0.382 e. The van der Waals surface area contributed by atoms with Gasteiger partial charge in [-0.2, -0.15) is 0 Å². The normalized spacial score (nSPS) is 20.9. The van der Waals surface area contributed by atoms with Crippen LogP contribution in [0.2, 0.25) is 0 Å². The molecular formula is C30H48N2O6. The first kappa shape index (κ1) is 35.2. The van der Waals surface area contributed by atoms with E-state index in [4.69, 9.17) is 18.9 Å². The minimum absolute atomic E-state index is 0.0724. The van der Waals surface area contributed by atoms with Crippen molar-refractivity contribution >= 4 is 11.8 Å². The number of epoxide rings is 2. The van der Waals surface area contributed by atoms with Gasteiger partial charge in [0.2, 0.25) is 11.8 Å². The summed E-state index contributed by atoms with van der Waals surface area (Å²) >= 11 is 0. The molecule has 3 fully saturated rings. The molecule has 4 rings (SSSR count). The summed E-state index contributed by atoms with van der Waals surface area (Å²) in [6, 6.07) is 9.79. The quantitative estimate of drug-likeness (QED) is 0.385. The molecule has 2 amide bonds. The highest BCUT2D eigenvalue weighted by atomic mass is 16.6. The first-order valence-corrected chi connectivity index (χ1v) is 13.1. The Kier molecular flexibility index (Phi) is 21.6. The maximum Gasteiger partial charge on any atom is 0.243 e. The van der Waals surface area contributed by atoms with Crippen molar-refractivity contribution in [2.75, 3.05) is 47.2 Å². The number of aryl methyl sites for hydroxylation is 1. The Morgan fingerprint density at radius 3 is 1.92 bits per heavy atom. The fourth-order valence-corrected chi connectivity index (χ4v) is 2.69. The maximum absolute atomic E-state index is 11.5. The van der Waals surface area contributed by atoms with E-state index in [9.17, 15) is 9.59 Å². The van der Waals surface area contributed by atoms with Crippen LogP contribution >= 0.6 is 0 Å². The summed E-state index contributed by atoms with van der Waals surface area (Å²) in [6.45, 7) is 15.2. The van der Waals surface area contributed by atoms with Crippen LogP contribution in [-0.4, -0.2) is 77.3 Å². The number of carbonyl (C=O) groups is 2. The number of methoxy groups -OCH3 is 2. The molecule has 38 heavy (non-hydrogen) atoms. The molecule has 0 bridgehead atoms. The largest absolute Gasteiger partial charge is 0.382 e. The summed E-state index contributed by atoms with van der Waals surface area (Å²) in [5.41, 5.74) is 2.31. The SMILES string of the molecule is C=C/C=C\C(=C/C)CC1NC(=O)CNC1=O.CCC.COCC1CO1.COCC1CO1.Cc1ccccc1. The van der Waals surface area contributed by atoms with Crippen LogP contribution in [-0.2, 0) is 28.5 Å². The van der Waals surface area contributed by atoms with Gasteiger partial charge in [-0.15, -0.1) is 0 Å². The van der Waals surface area contributed by atoms with Crippen molar-refractivity contribution < 1.29 is 28.5 Å². The third-order valence-corrected chi connectivity index (χ3v) is 4.78. The monoisotopic (exact) mass is 532 g/mol. The molecule has 8 nitrogen and oxygen atoms in total. The van der Waals surface area contributed by atoms with Crippen LogP contribution in [0.25, 0.3) is 0 Å². The third kappa shape index (κ3) is 21.3. The number of carbonyl (C=O) groups excluding carboxylic acids is 2. The van der Waals surface area contributed by atoms with Gasteiger partial charge in [0, 0.05) is 20.6 Å². The van der Waals surface area contributed by atoms with E-state index in [-0.39, 0.29) is 18.4 Å². The lowest BCUT2D eigenvalue weighted by atomic mass is 10.0. The van der Waals surface area contributed by atoms with Gasteiger partial charge in [0.25, 0.3) is 0 Å². The Labute approximate surface area is 229 Å².